The molecule has 1 heterocycles. The van der Waals surface area contributed by atoms with Crippen LogP contribution in [0.15, 0.2) is 18.2 Å². The summed E-state index contributed by atoms with van der Waals surface area (Å²) >= 11 is 12.0. The molecule has 2 rings (SSSR count). The quantitative estimate of drug-likeness (QED) is 0.539. The van der Waals surface area contributed by atoms with Gasteiger partial charge in [0.2, 0.25) is 15.9 Å². The molecule has 1 N–H and O–H groups in total. The highest BCUT2D eigenvalue weighted by Crippen LogP contribution is 2.26. The van der Waals surface area contributed by atoms with Crippen molar-refractivity contribution in [3.8, 4) is 0 Å². The van der Waals surface area contributed by atoms with Crippen molar-refractivity contribution in [1.82, 2.24) is 9.62 Å². The molecule has 1 saturated heterocycles. The van der Waals surface area contributed by atoms with Gasteiger partial charge in [-0.2, -0.15) is 0 Å². The van der Waals surface area contributed by atoms with Crippen LogP contribution >= 0.6 is 23.2 Å². The molecule has 1 fully saturated rings. The number of benzene rings is 1. The molecule has 1 aromatic carbocycles. The molecule has 0 radical (unpaired) electrons. The summed E-state index contributed by atoms with van der Waals surface area (Å²) in [6, 6.07) is 4.81. The number of hydrogen-bond donors (Lipinski definition) is 1. The maximum Gasteiger partial charge on any atom is 0.224 e. The number of carbonyl (C=O) groups excluding carboxylic acids is 1. The summed E-state index contributed by atoms with van der Waals surface area (Å²) in [6.45, 7) is 5.64. The van der Waals surface area contributed by atoms with E-state index in [0.29, 0.717) is 47.5 Å². The van der Waals surface area contributed by atoms with Gasteiger partial charge in [0.1, 0.15) is 0 Å². The molecule has 0 bridgehead atoms. The molecule has 29 heavy (non-hydrogen) atoms. The summed E-state index contributed by atoms with van der Waals surface area (Å²) in [7, 11) is -3.56. The van der Waals surface area contributed by atoms with Gasteiger partial charge in [-0.25, -0.2) is 12.7 Å². The van der Waals surface area contributed by atoms with Crippen molar-refractivity contribution in [2.75, 3.05) is 19.6 Å². The molecule has 0 saturated carbocycles. The molecule has 2 atom stereocenters. The molecule has 0 aliphatic carbocycles. The fourth-order valence-corrected chi connectivity index (χ4v) is 5.86. The van der Waals surface area contributed by atoms with Crippen LogP contribution in [0, 0.1) is 11.8 Å². The summed E-state index contributed by atoms with van der Waals surface area (Å²) in [4.78, 5) is 12.6. The maximum absolute atomic E-state index is 12.9. The van der Waals surface area contributed by atoms with Crippen molar-refractivity contribution in [1.29, 1.82) is 0 Å². The van der Waals surface area contributed by atoms with E-state index in [9.17, 15) is 13.2 Å². The van der Waals surface area contributed by atoms with E-state index >= 15 is 0 Å². The summed E-state index contributed by atoms with van der Waals surface area (Å²) in [5, 5.41) is 3.86. The van der Waals surface area contributed by atoms with Crippen molar-refractivity contribution < 1.29 is 13.2 Å². The lowest BCUT2D eigenvalue weighted by molar-refractivity contribution is -0.126. The lowest BCUT2D eigenvalue weighted by atomic mass is 9.96. The van der Waals surface area contributed by atoms with E-state index in [0.717, 1.165) is 25.7 Å². The van der Waals surface area contributed by atoms with Crippen LogP contribution in [0.2, 0.25) is 10.0 Å². The molecular weight excluding hydrogens is 431 g/mol. The van der Waals surface area contributed by atoms with Gasteiger partial charge in [0.05, 0.1) is 11.7 Å². The molecule has 1 aliphatic rings. The third-order valence-corrected chi connectivity index (χ3v) is 7.99. The Labute approximate surface area is 185 Å². The fraction of sp³-hybridized carbons (Fsp3) is 0.667. The minimum atomic E-state index is -3.56. The second-order valence-corrected chi connectivity index (χ2v) is 10.7. The molecule has 1 aromatic rings. The number of hydrogen-bond acceptors (Lipinski definition) is 3. The number of sulfonamides is 1. The molecule has 164 valence electrons. The largest absolute Gasteiger partial charge is 0.356 e. The normalized spacial score (nSPS) is 19.1. The Balaban J connectivity index is 1.95. The summed E-state index contributed by atoms with van der Waals surface area (Å²) in [5.41, 5.74) is 0.518. The van der Waals surface area contributed by atoms with Crippen LogP contribution in [0.4, 0.5) is 0 Å². The van der Waals surface area contributed by atoms with Gasteiger partial charge in [0, 0.05) is 29.7 Å². The van der Waals surface area contributed by atoms with Crippen LogP contribution in [0.3, 0.4) is 0 Å². The van der Waals surface area contributed by atoms with Crippen LogP contribution in [-0.4, -0.2) is 38.3 Å². The van der Waals surface area contributed by atoms with Crippen molar-refractivity contribution in [2.24, 2.45) is 11.8 Å². The first kappa shape index (κ1) is 24.4. The second-order valence-electron chi connectivity index (χ2n) is 7.85. The number of nitrogens with zero attached hydrogens (tertiary/aromatic N) is 1. The zero-order valence-electron chi connectivity index (χ0n) is 17.3. The maximum atomic E-state index is 12.9. The van der Waals surface area contributed by atoms with Crippen LogP contribution in [-0.2, 0) is 20.6 Å². The lowest BCUT2D eigenvalue weighted by Gasteiger charge is -2.31. The monoisotopic (exact) mass is 462 g/mol. The van der Waals surface area contributed by atoms with Gasteiger partial charge in [-0.05, 0) is 42.9 Å². The number of piperidine rings is 1. The van der Waals surface area contributed by atoms with Crippen LogP contribution in [0.5, 0.6) is 0 Å². The Morgan fingerprint density at radius 1 is 1.31 bits per heavy atom. The summed E-state index contributed by atoms with van der Waals surface area (Å²) in [5.74, 6) is -0.0478. The predicted octanol–water partition coefficient (Wildman–Crippen LogP) is 4.87. The zero-order chi connectivity index (χ0) is 21.4. The van der Waals surface area contributed by atoms with Gasteiger partial charge in [0.25, 0.3) is 0 Å². The first-order valence-electron chi connectivity index (χ1n) is 10.5. The topological polar surface area (TPSA) is 66.5 Å². The van der Waals surface area contributed by atoms with Gasteiger partial charge in [-0.3, -0.25) is 4.79 Å². The van der Waals surface area contributed by atoms with Gasteiger partial charge in [0.15, 0.2) is 0 Å². The zero-order valence-corrected chi connectivity index (χ0v) is 19.6. The third-order valence-electron chi connectivity index (χ3n) is 5.61. The Kier molecular flexibility index (Phi) is 9.73. The van der Waals surface area contributed by atoms with Gasteiger partial charge in [-0.15, -0.1) is 0 Å². The second kappa shape index (κ2) is 11.5. The van der Waals surface area contributed by atoms with E-state index < -0.39 is 10.0 Å². The Morgan fingerprint density at radius 2 is 2.07 bits per heavy atom. The van der Waals surface area contributed by atoms with Crippen LogP contribution < -0.4 is 5.32 Å². The molecule has 0 unspecified atom stereocenters. The van der Waals surface area contributed by atoms with Gasteiger partial charge < -0.3 is 5.32 Å². The average Bonchev–Trinajstić information content (AvgIpc) is 2.70. The summed E-state index contributed by atoms with van der Waals surface area (Å²) in [6.07, 6.45) is 5.85. The minimum absolute atomic E-state index is 0.0376. The van der Waals surface area contributed by atoms with Crippen molar-refractivity contribution >= 4 is 39.1 Å². The van der Waals surface area contributed by atoms with E-state index in [4.69, 9.17) is 23.2 Å². The number of amides is 1. The first-order chi connectivity index (χ1) is 13.8. The molecule has 1 amide bonds. The minimum Gasteiger partial charge on any atom is -0.356 e. The van der Waals surface area contributed by atoms with E-state index in [1.54, 1.807) is 18.2 Å². The Bertz CT molecular complexity index is 786. The van der Waals surface area contributed by atoms with Crippen molar-refractivity contribution in [3.63, 3.8) is 0 Å². The molecular formula is C21H32Cl2N2O3S. The summed E-state index contributed by atoms with van der Waals surface area (Å²) < 4.78 is 27.2. The van der Waals surface area contributed by atoms with Gasteiger partial charge in [-0.1, -0.05) is 62.4 Å². The standard InChI is InChI=1S/C21H32Cl2N2O3S/c1-3-5-7-16(4-2)13-24-21(26)17-8-6-11-25(14-17)29(27,28)15-18-9-10-19(22)12-20(18)23/h9-10,12,16-17H,3-8,11,13-15H2,1-2H3,(H,24,26)/t16-,17+/m0/s1. The van der Waals surface area contributed by atoms with E-state index in [1.165, 1.54) is 4.31 Å². The third kappa shape index (κ3) is 7.42. The van der Waals surface area contributed by atoms with Crippen LogP contribution in [0.1, 0.15) is 57.9 Å². The number of unbranched alkanes of at least 4 members (excludes halogenated alkanes) is 1. The first-order valence-corrected chi connectivity index (χ1v) is 12.8. The Hall–Kier alpha value is -0.820. The number of nitrogens with one attached hydrogen (secondary N) is 1. The molecule has 0 spiro atoms. The highest BCUT2D eigenvalue weighted by molar-refractivity contribution is 7.88. The van der Waals surface area contributed by atoms with E-state index in [1.807, 2.05) is 0 Å². The molecule has 5 nitrogen and oxygen atoms in total. The number of rotatable bonds is 10. The highest BCUT2D eigenvalue weighted by atomic mass is 35.5. The molecule has 0 aromatic heterocycles. The van der Waals surface area contributed by atoms with E-state index in [2.05, 4.69) is 19.2 Å². The SMILES string of the molecule is CCCC[C@H](CC)CNC(=O)[C@@H]1CCCN(S(=O)(=O)Cc2ccc(Cl)cc2Cl)C1. The smallest absolute Gasteiger partial charge is 0.224 e. The average molecular weight is 463 g/mol. The fourth-order valence-electron chi connectivity index (χ4n) is 3.67. The van der Waals surface area contributed by atoms with Crippen molar-refractivity contribution in [2.45, 2.75) is 58.1 Å². The number of carbonyl (C=O) groups is 1. The molecule has 1 aliphatic heterocycles. The van der Waals surface area contributed by atoms with E-state index in [-0.39, 0.29) is 24.1 Å². The van der Waals surface area contributed by atoms with Crippen LogP contribution in [0.25, 0.3) is 0 Å². The van der Waals surface area contributed by atoms with Gasteiger partial charge >= 0.3 is 0 Å². The number of halogens is 2. The predicted molar refractivity (Wildman–Crippen MR) is 120 cm³/mol. The highest BCUT2D eigenvalue weighted by Gasteiger charge is 2.32. The van der Waals surface area contributed by atoms with Crippen molar-refractivity contribution in [3.05, 3.63) is 33.8 Å². The lowest BCUT2D eigenvalue weighted by Crippen LogP contribution is -2.46. The molecule has 8 heteroatoms. The Morgan fingerprint density at radius 3 is 2.72 bits per heavy atom.